The minimum Gasteiger partial charge on any atom is -0.333 e. The van der Waals surface area contributed by atoms with Crippen molar-refractivity contribution in [3.8, 4) is 0 Å². The maximum absolute atomic E-state index is 13.5. The van der Waals surface area contributed by atoms with Gasteiger partial charge >= 0.3 is 0 Å². The molecule has 0 saturated carbocycles. The van der Waals surface area contributed by atoms with Crippen LogP contribution in [-0.4, -0.2) is 45.8 Å². The lowest BCUT2D eigenvalue weighted by atomic mass is 10.00. The van der Waals surface area contributed by atoms with Crippen LogP contribution in [-0.2, 0) is 0 Å². The van der Waals surface area contributed by atoms with Crippen molar-refractivity contribution in [3.63, 3.8) is 0 Å². The third kappa shape index (κ3) is 5.36. The minimum atomic E-state index is -0.0408. The first-order valence-corrected chi connectivity index (χ1v) is 11.0. The lowest BCUT2D eigenvalue weighted by Gasteiger charge is -2.36. The van der Waals surface area contributed by atoms with Crippen molar-refractivity contribution in [1.82, 2.24) is 9.80 Å². The van der Waals surface area contributed by atoms with Crippen molar-refractivity contribution in [2.75, 3.05) is 0 Å². The summed E-state index contributed by atoms with van der Waals surface area (Å²) in [4.78, 5) is 30.9. The van der Waals surface area contributed by atoms with E-state index in [-0.39, 0.29) is 36.0 Å². The second-order valence-electron chi connectivity index (χ2n) is 8.00. The van der Waals surface area contributed by atoms with Gasteiger partial charge in [-0.3, -0.25) is 9.59 Å². The van der Waals surface area contributed by atoms with Crippen LogP contribution in [0.2, 0.25) is 0 Å². The first-order chi connectivity index (χ1) is 13.2. The Morgan fingerprint density at radius 3 is 1.11 bits per heavy atom. The zero-order valence-corrected chi connectivity index (χ0v) is 19.2. The molecule has 0 spiro atoms. The maximum atomic E-state index is 13.5. The lowest BCUT2D eigenvalue weighted by Crippen LogP contribution is -2.47. The van der Waals surface area contributed by atoms with Gasteiger partial charge in [0.25, 0.3) is 11.8 Å². The monoisotopic (exact) mass is 388 g/mol. The Hall–Kier alpha value is -1.84. The van der Waals surface area contributed by atoms with Crippen molar-refractivity contribution < 1.29 is 9.59 Å². The fourth-order valence-corrected chi connectivity index (χ4v) is 3.59. The highest BCUT2D eigenvalue weighted by atomic mass is 16.2. The van der Waals surface area contributed by atoms with Gasteiger partial charge in [0.05, 0.1) is 11.1 Å². The number of hydrogen-bond acceptors (Lipinski definition) is 2. The van der Waals surface area contributed by atoms with Crippen LogP contribution >= 0.6 is 0 Å². The molecule has 4 atom stereocenters. The Balaban J connectivity index is 3.42. The van der Waals surface area contributed by atoms with Crippen molar-refractivity contribution in [2.45, 2.75) is 105 Å². The molecule has 0 aliphatic carbocycles. The summed E-state index contributed by atoms with van der Waals surface area (Å²) >= 11 is 0. The highest BCUT2D eigenvalue weighted by molar-refractivity contribution is 6.07. The van der Waals surface area contributed by atoms with E-state index in [0.29, 0.717) is 11.1 Å². The van der Waals surface area contributed by atoms with Gasteiger partial charge in [-0.15, -0.1) is 0 Å². The molecule has 4 heteroatoms. The van der Waals surface area contributed by atoms with Gasteiger partial charge < -0.3 is 9.80 Å². The molecule has 0 aliphatic heterocycles. The van der Waals surface area contributed by atoms with Crippen LogP contribution in [0.25, 0.3) is 0 Å². The van der Waals surface area contributed by atoms with Gasteiger partial charge in [0.15, 0.2) is 0 Å². The van der Waals surface area contributed by atoms with Gasteiger partial charge in [0, 0.05) is 24.2 Å². The van der Waals surface area contributed by atoms with E-state index in [2.05, 4.69) is 55.4 Å². The van der Waals surface area contributed by atoms with E-state index >= 15 is 0 Å². The lowest BCUT2D eigenvalue weighted by molar-refractivity contribution is 0.0556. The molecule has 2 amide bonds. The Bertz CT molecular complexity index is 568. The Labute approximate surface area is 172 Å². The van der Waals surface area contributed by atoms with E-state index in [1.54, 1.807) is 12.1 Å². The summed E-state index contributed by atoms with van der Waals surface area (Å²) in [5, 5.41) is 0. The molecule has 0 radical (unpaired) electrons. The SMILES string of the molecule is CCC(C)N(C(=O)c1ccccc1C(=O)N(C(C)CC)C(C)CC)C(C)CC. The molecule has 4 nitrogen and oxygen atoms in total. The summed E-state index contributed by atoms with van der Waals surface area (Å²) < 4.78 is 0. The molecule has 0 fully saturated rings. The number of hydrogen-bond donors (Lipinski definition) is 0. The molecule has 0 saturated heterocycles. The standard InChI is InChI=1S/C24H40N2O2/c1-9-17(5)25(18(6)10-2)23(27)21-15-13-14-16-22(21)24(28)26(19(7)11-3)20(8)12-4/h13-20H,9-12H2,1-8H3. The highest BCUT2D eigenvalue weighted by Crippen LogP contribution is 2.23. The highest BCUT2D eigenvalue weighted by Gasteiger charge is 2.31. The van der Waals surface area contributed by atoms with E-state index in [1.807, 2.05) is 21.9 Å². The normalized spacial score (nSPS) is 15.4. The predicted octanol–water partition coefficient (Wildman–Crippen LogP) is 5.77. The Morgan fingerprint density at radius 1 is 0.643 bits per heavy atom. The van der Waals surface area contributed by atoms with E-state index in [4.69, 9.17) is 0 Å². The molecule has 0 N–H and O–H groups in total. The van der Waals surface area contributed by atoms with Crippen molar-refractivity contribution in [3.05, 3.63) is 35.4 Å². The van der Waals surface area contributed by atoms with Crippen LogP contribution in [0.4, 0.5) is 0 Å². The fraction of sp³-hybridized carbons (Fsp3) is 0.667. The Kier molecular flexibility index (Phi) is 9.71. The average Bonchev–Trinajstić information content (AvgIpc) is 2.72. The molecule has 28 heavy (non-hydrogen) atoms. The first kappa shape index (κ1) is 24.2. The van der Waals surface area contributed by atoms with Gasteiger partial charge in [0.2, 0.25) is 0 Å². The molecule has 0 aliphatic rings. The van der Waals surface area contributed by atoms with Crippen LogP contribution in [0.1, 0.15) is 102 Å². The van der Waals surface area contributed by atoms with Gasteiger partial charge in [-0.1, -0.05) is 39.8 Å². The van der Waals surface area contributed by atoms with Crippen LogP contribution in [0.5, 0.6) is 0 Å². The summed E-state index contributed by atoms with van der Waals surface area (Å²) in [5.74, 6) is -0.0817. The summed E-state index contributed by atoms with van der Waals surface area (Å²) in [6.45, 7) is 16.7. The third-order valence-electron chi connectivity index (χ3n) is 6.12. The molecule has 0 bridgehead atoms. The molecule has 158 valence electrons. The fourth-order valence-electron chi connectivity index (χ4n) is 3.59. The molecule has 0 aromatic heterocycles. The van der Waals surface area contributed by atoms with Crippen molar-refractivity contribution >= 4 is 11.8 Å². The van der Waals surface area contributed by atoms with Gasteiger partial charge in [-0.2, -0.15) is 0 Å². The summed E-state index contributed by atoms with van der Waals surface area (Å²) in [6.07, 6.45) is 3.55. The van der Waals surface area contributed by atoms with Crippen molar-refractivity contribution in [2.24, 2.45) is 0 Å². The number of carbonyl (C=O) groups excluding carboxylic acids is 2. The van der Waals surface area contributed by atoms with Gasteiger partial charge in [0.1, 0.15) is 0 Å². The van der Waals surface area contributed by atoms with E-state index < -0.39 is 0 Å². The maximum Gasteiger partial charge on any atom is 0.255 e. The largest absolute Gasteiger partial charge is 0.333 e. The summed E-state index contributed by atoms with van der Waals surface area (Å²) in [7, 11) is 0. The number of amides is 2. The summed E-state index contributed by atoms with van der Waals surface area (Å²) in [6, 6.07) is 7.84. The topological polar surface area (TPSA) is 40.6 Å². The second kappa shape index (κ2) is 11.2. The number of carbonyl (C=O) groups is 2. The predicted molar refractivity (Wildman–Crippen MR) is 118 cm³/mol. The van der Waals surface area contributed by atoms with Crippen LogP contribution in [0.15, 0.2) is 24.3 Å². The third-order valence-corrected chi connectivity index (χ3v) is 6.12. The molecule has 1 rings (SSSR count). The Morgan fingerprint density at radius 2 is 0.893 bits per heavy atom. The number of benzene rings is 1. The van der Waals surface area contributed by atoms with Crippen LogP contribution < -0.4 is 0 Å². The number of nitrogens with zero attached hydrogens (tertiary/aromatic N) is 2. The van der Waals surface area contributed by atoms with E-state index in [9.17, 15) is 9.59 Å². The first-order valence-electron chi connectivity index (χ1n) is 11.0. The molecule has 1 aromatic carbocycles. The molecule has 4 unspecified atom stereocenters. The van der Waals surface area contributed by atoms with E-state index in [1.165, 1.54) is 0 Å². The minimum absolute atomic E-state index is 0.0408. The zero-order chi connectivity index (χ0) is 21.4. The van der Waals surface area contributed by atoms with Gasteiger partial charge in [-0.25, -0.2) is 0 Å². The molecule has 0 heterocycles. The molecular weight excluding hydrogens is 348 g/mol. The quantitative estimate of drug-likeness (QED) is 0.511. The number of rotatable bonds is 10. The van der Waals surface area contributed by atoms with E-state index in [0.717, 1.165) is 25.7 Å². The van der Waals surface area contributed by atoms with Gasteiger partial charge in [-0.05, 0) is 65.5 Å². The van der Waals surface area contributed by atoms with Crippen LogP contribution in [0, 0.1) is 0 Å². The van der Waals surface area contributed by atoms with Crippen molar-refractivity contribution in [1.29, 1.82) is 0 Å². The smallest absolute Gasteiger partial charge is 0.255 e. The molecule has 1 aromatic rings. The summed E-state index contributed by atoms with van der Waals surface area (Å²) in [5.41, 5.74) is 1.04. The second-order valence-corrected chi connectivity index (χ2v) is 8.00. The average molecular weight is 389 g/mol. The van der Waals surface area contributed by atoms with Crippen LogP contribution in [0.3, 0.4) is 0 Å². The zero-order valence-electron chi connectivity index (χ0n) is 19.2. The molecular formula is C24H40N2O2.